The van der Waals surface area contributed by atoms with E-state index in [4.69, 9.17) is 0 Å². The van der Waals surface area contributed by atoms with Crippen molar-refractivity contribution in [3.63, 3.8) is 0 Å². The largest absolute Gasteiger partial charge is 0.352 e. The lowest BCUT2D eigenvalue weighted by Crippen LogP contribution is -2.32. The number of rotatable bonds is 5. The van der Waals surface area contributed by atoms with Crippen LogP contribution in [-0.4, -0.2) is 23.3 Å². The second kappa shape index (κ2) is 7.47. The van der Waals surface area contributed by atoms with E-state index < -0.39 is 0 Å². The molecule has 1 saturated heterocycles. The van der Waals surface area contributed by atoms with Crippen molar-refractivity contribution in [2.24, 2.45) is 5.92 Å². The van der Waals surface area contributed by atoms with Crippen LogP contribution in [-0.2, 0) is 22.7 Å². The lowest BCUT2D eigenvalue weighted by Gasteiger charge is -2.17. The molecule has 2 amide bonds. The Morgan fingerprint density at radius 3 is 2.44 bits per heavy atom. The highest BCUT2D eigenvalue weighted by Crippen LogP contribution is 2.20. The van der Waals surface area contributed by atoms with Crippen LogP contribution in [0, 0.1) is 18.7 Å². The first-order chi connectivity index (χ1) is 12.0. The molecule has 3 rings (SSSR count). The van der Waals surface area contributed by atoms with Crippen molar-refractivity contribution in [3.05, 3.63) is 71.0 Å². The molecule has 1 atom stereocenters. The van der Waals surface area contributed by atoms with E-state index in [1.165, 1.54) is 17.7 Å². The number of amides is 2. The van der Waals surface area contributed by atoms with Crippen LogP contribution in [0.1, 0.15) is 23.1 Å². The molecule has 0 radical (unpaired) electrons. The van der Waals surface area contributed by atoms with Gasteiger partial charge in [-0.25, -0.2) is 4.39 Å². The molecule has 1 aliphatic rings. The monoisotopic (exact) mass is 340 g/mol. The fourth-order valence-corrected chi connectivity index (χ4v) is 2.95. The minimum atomic E-state index is -0.335. The summed E-state index contributed by atoms with van der Waals surface area (Å²) in [5, 5.41) is 2.83. The summed E-state index contributed by atoms with van der Waals surface area (Å²) in [6, 6.07) is 14.0. The molecule has 0 aromatic heterocycles. The first kappa shape index (κ1) is 17.1. The van der Waals surface area contributed by atoms with Gasteiger partial charge in [-0.1, -0.05) is 42.0 Å². The van der Waals surface area contributed by atoms with Gasteiger partial charge in [-0.15, -0.1) is 0 Å². The Balaban J connectivity index is 1.53. The van der Waals surface area contributed by atoms with Gasteiger partial charge in [-0.2, -0.15) is 0 Å². The second-order valence-corrected chi connectivity index (χ2v) is 6.51. The number of carbonyl (C=O) groups excluding carboxylic acids is 2. The average Bonchev–Trinajstić information content (AvgIpc) is 2.97. The number of nitrogens with zero attached hydrogens (tertiary/aromatic N) is 1. The lowest BCUT2D eigenvalue weighted by atomic mass is 10.1. The minimum Gasteiger partial charge on any atom is -0.352 e. The third kappa shape index (κ3) is 4.44. The number of aryl methyl sites for hydroxylation is 1. The molecule has 1 N–H and O–H groups in total. The van der Waals surface area contributed by atoms with Crippen LogP contribution in [0.15, 0.2) is 48.5 Å². The van der Waals surface area contributed by atoms with Crippen LogP contribution in [0.2, 0.25) is 0 Å². The van der Waals surface area contributed by atoms with Crippen LogP contribution in [0.4, 0.5) is 4.39 Å². The number of benzene rings is 2. The number of hydrogen-bond acceptors (Lipinski definition) is 2. The first-order valence-corrected chi connectivity index (χ1v) is 8.37. The SMILES string of the molecule is Cc1ccc(CN2C[C@H](C(=O)NCc3ccc(F)cc3)CC2=O)cc1. The summed E-state index contributed by atoms with van der Waals surface area (Å²) in [6.45, 7) is 3.32. The Hall–Kier alpha value is -2.69. The molecule has 1 heterocycles. The highest BCUT2D eigenvalue weighted by Gasteiger charge is 2.34. The van der Waals surface area contributed by atoms with E-state index in [2.05, 4.69) is 5.32 Å². The molecule has 1 fully saturated rings. The van der Waals surface area contributed by atoms with Crippen molar-refractivity contribution in [3.8, 4) is 0 Å². The van der Waals surface area contributed by atoms with Crippen molar-refractivity contribution in [1.29, 1.82) is 0 Å². The third-order valence-corrected chi connectivity index (χ3v) is 4.46. The summed E-state index contributed by atoms with van der Waals surface area (Å²) in [7, 11) is 0. The van der Waals surface area contributed by atoms with Gasteiger partial charge in [0, 0.05) is 26.1 Å². The van der Waals surface area contributed by atoms with Gasteiger partial charge < -0.3 is 10.2 Å². The number of halogens is 1. The predicted molar refractivity (Wildman–Crippen MR) is 92.9 cm³/mol. The summed E-state index contributed by atoms with van der Waals surface area (Å²) in [5.74, 6) is -0.770. The molecule has 4 nitrogen and oxygen atoms in total. The van der Waals surface area contributed by atoms with Crippen LogP contribution < -0.4 is 5.32 Å². The van der Waals surface area contributed by atoms with Crippen LogP contribution in [0.25, 0.3) is 0 Å². The molecule has 1 aliphatic heterocycles. The van der Waals surface area contributed by atoms with E-state index in [1.807, 2.05) is 31.2 Å². The van der Waals surface area contributed by atoms with Crippen LogP contribution >= 0.6 is 0 Å². The lowest BCUT2D eigenvalue weighted by molar-refractivity contribution is -0.129. The van der Waals surface area contributed by atoms with E-state index in [9.17, 15) is 14.0 Å². The van der Waals surface area contributed by atoms with Gasteiger partial charge in [0.2, 0.25) is 11.8 Å². The maximum atomic E-state index is 12.9. The predicted octanol–water partition coefficient (Wildman–Crippen LogP) is 2.80. The summed E-state index contributed by atoms with van der Waals surface area (Å²) in [6.07, 6.45) is 0.237. The van der Waals surface area contributed by atoms with Crippen LogP contribution in [0.3, 0.4) is 0 Å². The highest BCUT2D eigenvalue weighted by molar-refractivity contribution is 5.89. The third-order valence-electron chi connectivity index (χ3n) is 4.46. The van der Waals surface area contributed by atoms with Crippen molar-refractivity contribution in [2.45, 2.75) is 26.4 Å². The molecule has 5 heteroatoms. The molecule has 0 unspecified atom stereocenters. The standard InChI is InChI=1S/C20H21FN2O2/c1-14-2-4-16(5-3-14)12-23-13-17(10-19(23)24)20(25)22-11-15-6-8-18(21)9-7-15/h2-9,17H,10-13H2,1H3,(H,22,25)/t17-/m1/s1. The van der Waals surface area contributed by atoms with Gasteiger partial charge in [0.15, 0.2) is 0 Å². The maximum Gasteiger partial charge on any atom is 0.225 e. The Bertz CT molecular complexity index is 756. The zero-order valence-corrected chi connectivity index (χ0v) is 14.2. The zero-order chi connectivity index (χ0) is 17.8. The molecule has 2 aromatic carbocycles. The van der Waals surface area contributed by atoms with Gasteiger partial charge in [-0.05, 0) is 30.2 Å². The molecule has 25 heavy (non-hydrogen) atoms. The fraction of sp³-hybridized carbons (Fsp3) is 0.300. The molecule has 0 spiro atoms. The normalized spacial score (nSPS) is 17.0. The summed E-state index contributed by atoms with van der Waals surface area (Å²) < 4.78 is 12.9. The smallest absolute Gasteiger partial charge is 0.225 e. The maximum absolute atomic E-state index is 12.9. The van der Waals surface area contributed by atoms with Crippen molar-refractivity contribution >= 4 is 11.8 Å². The number of likely N-dealkylation sites (tertiary alicyclic amines) is 1. The molecular weight excluding hydrogens is 319 g/mol. The minimum absolute atomic E-state index is 0.00232. The van der Waals surface area contributed by atoms with E-state index in [-0.39, 0.29) is 30.0 Å². The quantitative estimate of drug-likeness (QED) is 0.910. The van der Waals surface area contributed by atoms with Crippen molar-refractivity contribution in [2.75, 3.05) is 6.54 Å². The molecule has 130 valence electrons. The van der Waals surface area contributed by atoms with E-state index in [1.54, 1.807) is 17.0 Å². The highest BCUT2D eigenvalue weighted by atomic mass is 19.1. The molecule has 2 aromatic rings. The number of nitrogens with one attached hydrogen (secondary N) is 1. The van der Waals surface area contributed by atoms with Crippen molar-refractivity contribution in [1.82, 2.24) is 10.2 Å². The number of carbonyl (C=O) groups is 2. The Labute approximate surface area is 146 Å². The molecular formula is C20H21FN2O2. The van der Waals surface area contributed by atoms with Crippen molar-refractivity contribution < 1.29 is 14.0 Å². The Kier molecular flexibility index (Phi) is 5.12. The zero-order valence-electron chi connectivity index (χ0n) is 14.2. The molecule has 0 saturated carbocycles. The summed E-state index contributed by atoms with van der Waals surface area (Å²) in [4.78, 5) is 26.2. The summed E-state index contributed by atoms with van der Waals surface area (Å²) in [5.41, 5.74) is 3.07. The second-order valence-electron chi connectivity index (χ2n) is 6.51. The van der Waals surface area contributed by atoms with E-state index >= 15 is 0 Å². The molecule has 0 bridgehead atoms. The molecule has 0 aliphatic carbocycles. The van der Waals surface area contributed by atoms with Gasteiger partial charge in [0.25, 0.3) is 0 Å². The Morgan fingerprint density at radius 1 is 1.12 bits per heavy atom. The Morgan fingerprint density at radius 2 is 1.76 bits per heavy atom. The first-order valence-electron chi connectivity index (χ1n) is 8.37. The fourth-order valence-electron chi connectivity index (χ4n) is 2.95. The van der Waals surface area contributed by atoms with Crippen LogP contribution in [0.5, 0.6) is 0 Å². The van der Waals surface area contributed by atoms with E-state index in [0.717, 1.165) is 11.1 Å². The van der Waals surface area contributed by atoms with Gasteiger partial charge in [0.05, 0.1) is 5.92 Å². The number of hydrogen-bond donors (Lipinski definition) is 1. The van der Waals surface area contributed by atoms with E-state index in [0.29, 0.717) is 19.6 Å². The van der Waals surface area contributed by atoms with Gasteiger partial charge in [0.1, 0.15) is 5.82 Å². The van der Waals surface area contributed by atoms with Gasteiger partial charge in [-0.3, -0.25) is 9.59 Å². The summed E-state index contributed by atoms with van der Waals surface area (Å²) >= 11 is 0. The van der Waals surface area contributed by atoms with Gasteiger partial charge >= 0.3 is 0 Å². The topological polar surface area (TPSA) is 49.4 Å². The average molecular weight is 340 g/mol.